The fourth-order valence-electron chi connectivity index (χ4n) is 0.0825. The van der Waals surface area contributed by atoms with Gasteiger partial charge in [0, 0.05) is 5.88 Å². The highest BCUT2D eigenvalue weighted by Gasteiger charge is 2.14. The monoisotopic (exact) mass is 438 g/mol. The van der Waals surface area contributed by atoms with Gasteiger partial charge in [0.15, 0.2) is 3.79 Å². The van der Waals surface area contributed by atoms with Crippen LogP contribution < -0.4 is 0 Å². The van der Waals surface area contributed by atoms with Crippen molar-refractivity contribution in [3.8, 4) is 0 Å². The minimum Gasteiger partial charge on any atom is -0.127 e. The summed E-state index contributed by atoms with van der Waals surface area (Å²) in [5.41, 5.74) is 0. The molecule has 0 radical (unpaired) electrons. The Morgan fingerprint density at radius 1 is 0.944 bits per heavy atom. The third-order valence-corrected chi connectivity index (χ3v) is 3.80. The number of hydrogen-bond acceptors (Lipinski definition) is 0. The molecule has 18 heavy (non-hydrogen) atoms. The Labute approximate surface area is 154 Å². The summed E-state index contributed by atoms with van der Waals surface area (Å²) in [6.07, 6.45) is 1.24. The summed E-state index contributed by atoms with van der Waals surface area (Å²) in [5, 5.41) is -0.145. The van der Waals surface area contributed by atoms with Crippen molar-refractivity contribution in [2.24, 2.45) is 0 Å². The first-order valence-electron chi connectivity index (χ1n) is 4.80. The fourth-order valence-corrected chi connectivity index (χ4v) is 0.742. The second kappa shape index (κ2) is 16.0. The second-order valence-corrected chi connectivity index (χ2v) is 8.87. The van der Waals surface area contributed by atoms with Gasteiger partial charge in [0.1, 0.15) is 9.67 Å². The van der Waals surface area contributed by atoms with Crippen molar-refractivity contribution in [3.05, 3.63) is 0 Å². The third kappa shape index (κ3) is 36.3. The van der Waals surface area contributed by atoms with Crippen LogP contribution in [0.3, 0.4) is 0 Å². The van der Waals surface area contributed by atoms with Crippen molar-refractivity contribution in [1.82, 2.24) is 0 Å². The number of halogens is 9. The molecule has 0 rings (SSSR count). The highest BCUT2D eigenvalue weighted by Crippen LogP contribution is 2.28. The Balaban J connectivity index is -0.000000187. The molecule has 0 aromatic rings. The predicted octanol–water partition coefficient (Wildman–Crippen LogP) is 7.60. The van der Waals surface area contributed by atoms with Crippen molar-refractivity contribution in [2.45, 2.75) is 45.5 Å². The zero-order chi connectivity index (χ0) is 15.4. The molecule has 0 saturated heterocycles. The zero-order valence-corrected chi connectivity index (χ0v) is 16.6. The van der Waals surface area contributed by atoms with Gasteiger partial charge in [0.2, 0.25) is 0 Å². The van der Waals surface area contributed by atoms with Gasteiger partial charge >= 0.3 is 0 Å². The molecule has 0 amide bonds. The first-order valence-corrected chi connectivity index (χ1v) is 8.66. The molecule has 0 spiro atoms. The van der Waals surface area contributed by atoms with Crippen LogP contribution in [0.15, 0.2) is 0 Å². The van der Waals surface area contributed by atoms with Gasteiger partial charge in [0.05, 0.1) is 5.38 Å². The largest absolute Gasteiger partial charge is 0.190 e. The molecule has 0 aliphatic heterocycles. The van der Waals surface area contributed by atoms with Gasteiger partial charge in [-0.25, -0.2) is 0 Å². The highest BCUT2D eigenvalue weighted by atomic mass is 35.6. The van der Waals surface area contributed by atoms with E-state index in [0.717, 1.165) is 0 Å². The van der Waals surface area contributed by atoms with Crippen LogP contribution in [-0.2, 0) is 0 Å². The van der Waals surface area contributed by atoms with Crippen LogP contribution >= 0.6 is 104 Å². The summed E-state index contributed by atoms with van der Waals surface area (Å²) < 4.78 is -1.04. The molecule has 0 aliphatic carbocycles. The van der Waals surface area contributed by atoms with Crippen molar-refractivity contribution >= 4 is 104 Å². The molecule has 0 aromatic carbocycles. The zero-order valence-electron chi connectivity index (χ0n) is 9.76. The molecular weight excluding hydrogens is 427 g/mol. The number of alkyl halides is 9. The predicted molar refractivity (Wildman–Crippen MR) is 92.2 cm³/mol. The van der Waals surface area contributed by atoms with Gasteiger partial charge in [-0.3, -0.25) is 0 Å². The van der Waals surface area contributed by atoms with E-state index in [0.29, 0.717) is 18.7 Å². The topological polar surface area (TPSA) is 0 Å². The van der Waals surface area contributed by atoms with Crippen LogP contribution in [0.1, 0.15) is 26.7 Å². The van der Waals surface area contributed by atoms with E-state index in [4.69, 9.17) is 104 Å². The van der Waals surface area contributed by atoms with E-state index < -0.39 is 8.63 Å². The maximum atomic E-state index is 5.35. The van der Waals surface area contributed by atoms with Crippen LogP contribution in [0.25, 0.3) is 0 Å². The number of rotatable bonds is 3. The molecule has 1 atom stereocenters. The SMILES string of the molecule is CC(Cl)C(Cl)Cl.CCC(Cl)(Cl)Cl.ClCCC(Cl)Cl. The molecular formula is C9H15Cl9. The average Bonchev–Trinajstić information content (AvgIpc) is 2.18. The van der Waals surface area contributed by atoms with Gasteiger partial charge in [-0.1, -0.05) is 41.7 Å². The summed E-state index contributed by atoms with van der Waals surface area (Å²) >= 11 is 47.3. The fraction of sp³-hybridized carbons (Fsp3) is 1.00. The van der Waals surface area contributed by atoms with Gasteiger partial charge in [-0.15, -0.1) is 69.6 Å². The van der Waals surface area contributed by atoms with E-state index in [1.807, 2.05) is 6.92 Å². The minimum absolute atomic E-state index is 0.145. The maximum absolute atomic E-state index is 5.35. The lowest BCUT2D eigenvalue weighted by Crippen LogP contribution is -2.00. The maximum Gasteiger partial charge on any atom is 0.190 e. The number of hydrogen-bond donors (Lipinski definition) is 0. The highest BCUT2D eigenvalue weighted by molar-refractivity contribution is 6.67. The van der Waals surface area contributed by atoms with Crippen LogP contribution in [0, 0.1) is 0 Å². The first kappa shape index (κ1) is 25.6. The third-order valence-electron chi connectivity index (χ3n) is 1.08. The lowest BCUT2D eigenvalue weighted by atomic mass is 10.6. The van der Waals surface area contributed by atoms with Gasteiger partial charge in [-0.05, 0) is 19.8 Å². The molecule has 0 bridgehead atoms. The Morgan fingerprint density at radius 2 is 1.22 bits per heavy atom. The molecule has 0 heterocycles. The lowest BCUT2D eigenvalue weighted by Gasteiger charge is -2.02. The summed E-state index contributed by atoms with van der Waals surface area (Å²) in [7, 11) is 0. The molecule has 0 N–H and O–H groups in total. The summed E-state index contributed by atoms with van der Waals surface area (Å²) in [6.45, 7) is 3.55. The molecule has 0 saturated carbocycles. The Hall–Kier alpha value is 2.61. The van der Waals surface area contributed by atoms with Gasteiger partial charge < -0.3 is 0 Å². The smallest absolute Gasteiger partial charge is 0.127 e. The van der Waals surface area contributed by atoms with Crippen molar-refractivity contribution in [3.63, 3.8) is 0 Å². The van der Waals surface area contributed by atoms with E-state index in [-0.39, 0.29) is 10.2 Å². The van der Waals surface area contributed by atoms with Crippen LogP contribution in [0.2, 0.25) is 0 Å². The van der Waals surface area contributed by atoms with Gasteiger partial charge in [0.25, 0.3) is 0 Å². The van der Waals surface area contributed by atoms with Crippen LogP contribution in [0.4, 0.5) is 0 Å². The molecule has 114 valence electrons. The standard InChI is InChI=1S/3C3H5Cl3/c1-2-3(4,5)6;1-2(4)3(5)6;4-2-1-3(5)6/h2H2,1H3;2-3H,1H3;3H,1-2H2. The van der Waals surface area contributed by atoms with Crippen LogP contribution in [-0.4, -0.2) is 24.7 Å². The van der Waals surface area contributed by atoms with E-state index in [2.05, 4.69) is 0 Å². The Morgan fingerprint density at radius 3 is 1.22 bits per heavy atom. The first-order chi connectivity index (χ1) is 7.97. The Kier molecular flexibility index (Phi) is 22.7. The minimum atomic E-state index is -1.04. The van der Waals surface area contributed by atoms with E-state index in [1.54, 1.807) is 6.92 Å². The second-order valence-electron chi connectivity index (χ2n) is 2.85. The molecule has 0 aliphatic rings. The van der Waals surface area contributed by atoms with Crippen LogP contribution in [0.5, 0.6) is 0 Å². The van der Waals surface area contributed by atoms with E-state index >= 15 is 0 Å². The van der Waals surface area contributed by atoms with Crippen molar-refractivity contribution < 1.29 is 0 Å². The van der Waals surface area contributed by atoms with Gasteiger partial charge in [-0.2, -0.15) is 0 Å². The van der Waals surface area contributed by atoms with Crippen molar-refractivity contribution in [1.29, 1.82) is 0 Å². The lowest BCUT2D eigenvalue weighted by molar-refractivity contribution is 0.974. The molecule has 9 heteroatoms. The Bertz CT molecular complexity index is 147. The molecule has 0 fully saturated rings. The summed E-state index contributed by atoms with van der Waals surface area (Å²) in [5.74, 6) is 0.539. The molecule has 0 nitrogen and oxygen atoms in total. The molecule has 1 unspecified atom stereocenters. The normalized spacial score (nSPS) is 12.5. The van der Waals surface area contributed by atoms with E-state index in [9.17, 15) is 0 Å². The summed E-state index contributed by atoms with van der Waals surface area (Å²) in [4.78, 5) is -0.728. The molecule has 0 aromatic heterocycles. The average molecular weight is 442 g/mol. The van der Waals surface area contributed by atoms with E-state index in [1.165, 1.54) is 0 Å². The quantitative estimate of drug-likeness (QED) is 0.395. The summed E-state index contributed by atoms with van der Waals surface area (Å²) in [6, 6.07) is 0. The van der Waals surface area contributed by atoms with Crippen molar-refractivity contribution in [2.75, 3.05) is 5.88 Å².